The van der Waals surface area contributed by atoms with Crippen LogP contribution in [0.4, 0.5) is 5.69 Å². The fourth-order valence-electron chi connectivity index (χ4n) is 5.96. The smallest absolute Gasteiger partial charge is 0.309 e. The van der Waals surface area contributed by atoms with Crippen molar-refractivity contribution in [2.75, 3.05) is 98.8 Å². The lowest BCUT2D eigenvalue weighted by Gasteiger charge is -2.31. The Balaban J connectivity index is 2.94. The van der Waals surface area contributed by atoms with Crippen molar-refractivity contribution in [3.05, 3.63) is 24.3 Å². The molecule has 0 saturated heterocycles. The van der Waals surface area contributed by atoms with E-state index >= 15 is 0 Å². The van der Waals surface area contributed by atoms with Crippen molar-refractivity contribution >= 4 is 41.4 Å². The molecule has 0 aliphatic rings. The largest absolute Gasteiger partial charge is 0.508 e. The van der Waals surface area contributed by atoms with Gasteiger partial charge in [-0.05, 0) is 24.3 Å². The maximum atomic E-state index is 13.3. The molecule has 6 atom stereocenters. The molecule has 0 spiro atoms. The number of carbonyl (C=O) groups is 6. The molecule has 0 saturated carbocycles. The summed E-state index contributed by atoms with van der Waals surface area (Å²) in [5.41, 5.74) is 0.714. The maximum Gasteiger partial charge on any atom is 0.309 e. The van der Waals surface area contributed by atoms with Gasteiger partial charge in [-0.2, -0.15) is 0 Å². The molecule has 0 fully saturated rings. The number of nitrogens with zero attached hydrogens (tertiary/aromatic N) is 3. The third-order valence-electron chi connectivity index (χ3n) is 9.10. The van der Waals surface area contributed by atoms with E-state index in [2.05, 4.69) is 10.6 Å². The van der Waals surface area contributed by atoms with Gasteiger partial charge in [0.2, 0.25) is 11.8 Å². The summed E-state index contributed by atoms with van der Waals surface area (Å²) in [4.78, 5) is 80.7. The van der Waals surface area contributed by atoms with Gasteiger partial charge in [0.1, 0.15) is 5.75 Å². The first-order valence-corrected chi connectivity index (χ1v) is 18.3. The molecule has 0 heterocycles. The Kier molecular flexibility index (Phi) is 21.8. The zero-order chi connectivity index (χ0) is 41.0. The summed E-state index contributed by atoms with van der Waals surface area (Å²) in [7, 11) is 5.27. The molecule has 0 aliphatic heterocycles. The summed E-state index contributed by atoms with van der Waals surface area (Å²) in [6.45, 7) is 13.6. The second-order valence-electron chi connectivity index (χ2n) is 14.0. The Hall–Kier alpha value is -4.44. The summed E-state index contributed by atoms with van der Waals surface area (Å²) < 4.78 is 19.4. The van der Waals surface area contributed by atoms with E-state index in [9.17, 15) is 33.9 Å². The fraction of sp³-hybridized carbons (Fsp3) is 0.684. The van der Waals surface area contributed by atoms with E-state index in [4.69, 9.17) is 18.9 Å². The van der Waals surface area contributed by atoms with E-state index in [1.165, 1.54) is 40.6 Å². The number of hydrogen-bond acceptors (Lipinski definition) is 14. The average Bonchev–Trinajstić information content (AvgIpc) is 3.15. The van der Waals surface area contributed by atoms with Crippen LogP contribution in [0.25, 0.3) is 0 Å². The van der Waals surface area contributed by atoms with Crippen molar-refractivity contribution in [2.45, 2.75) is 41.5 Å². The van der Waals surface area contributed by atoms with Crippen LogP contribution in [0.15, 0.2) is 24.3 Å². The van der Waals surface area contributed by atoms with Gasteiger partial charge >= 0.3 is 23.9 Å². The van der Waals surface area contributed by atoms with Crippen LogP contribution in [-0.4, -0.2) is 144 Å². The predicted molar refractivity (Wildman–Crippen MR) is 202 cm³/mol. The SMILES string of the molecule is COC(=O)C(C)CN(CCNC(=O)C(C)CN(CC(C)C(=O)NCCN(CC(C)C(=O)OC)CC(C)C(=O)OC)c1ccc(O)cc1)CC(C)C(=O)OC. The van der Waals surface area contributed by atoms with Crippen LogP contribution in [0.5, 0.6) is 5.75 Å². The van der Waals surface area contributed by atoms with Crippen molar-refractivity contribution < 1.29 is 52.8 Å². The lowest BCUT2D eigenvalue weighted by Crippen LogP contribution is -2.46. The minimum atomic E-state index is -0.507. The van der Waals surface area contributed by atoms with Crippen molar-refractivity contribution in [2.24, 2.45) is 35.5 Å². The molecule has 0 bridgehead atoms. The normalized spacial score (nSPS) is 14.5. The Morgan fingerprint density at radius 1 is 0.519 bits per heavy atom. The highest BCUT2D eigenvalue weighted by molar-refractivity contribution is 5.80. The van der Waals surface area contributed by atoms with E-state index in [1.54, 1.807) is 53.7 Å². The standard InChI is InChI=1S/C38H63N5O11/c1-25(33(45)39-15-17-41(19-27(3)35(47)51-7)20-28(4)36(48)52-8)23-43(31-11-13-32(44)14-12-31)24-26(2)34(46)40-16-18-42(21-29(5)37(49)53-9)22-30(6)38(50)54-10/h11-14,25-30,44H,15-24H2,1-10H3,(H,39,45)(H,40,46). The quantitative estimate of drug-likeness (QED) is 0.0959. The number of anilines is 1. The summed E-state index contributed by atoms with van der Waals surface area (Å²) in [6, 6.07) is 6.51. The number of carbonyl (C=O) groups excluding carboxylic acids is 6. The highest BCUT2D eigenvalue weighted by Crippen LogP contribution is 2.21. The molecular weight excluding hydrogens is 702 g/mol. The van der Waals surface area contributed by atoms with Crippen LogP contribution < -0.4 is 15.5 Å². The van der Waals surface area contributed by atoms with E-state index in [0.29, 0.717) is 45.0 Å². The average molecular weight is 766 g/mol. The number of ether oxygens (including phenoxy) is 4. The molecule has 6 unspecified atom stereocenters. The van der Waals surface area contributed by atoms with E-state index in [1.807, 2.05) is 14.7 Å². The number of esters is 4. The van der Waals surface area contributed by atoms with Crippen molar-refractivity contribution in [1.29, 1.82) is 0 Å². The van der Waals surface area contributed by atoms with Crippen LogP contribution in [0.2, 0.25) is 0 Å². The molecule has 1 aromatic carbocycles. The zero-order valence-corrected chi connectivity index (χ0v) is 33.7. The first-order chi connectivity index (χ1) is 25.5. The Bertz CT molecular complexity index is 1220. The van der Waals surface area contributed by atoms with Crippen molar-refractivity contribution in [1.82, 2.24) is 20.4 Å². The van der Waals surface area contributed by atoms with E-state index in [-0.39, 0.29) is 67.6 Å². The summed E-state index contributed by atoms with van der Waals surface area (Å²) >= 11 is 0. The maximum absolute atomic E-state index is 13.3. The number of phenolic OH excluding ortho intramolecular Hbond substituents is 1. The Labute approximate surface area is 320 Å². The number of hydrogen-bond donors (Lipinski definition) is 3. The van der Waals surface area contributed by atoms with Gasteiger partial charge in [0.15, 0.2) is 0 Å². The fourth-order valence-corrected chi connectivity index (χ4v) is 5.96. The number of amides is 2. The molecular formula is C38H63N5O11. The molecule has 306 valence electrons. The van der Waals surface area contributed by atoms with Gasteiger partial charge in [0.25, 0.3) is 0 Å². The number of benzene rings is 1. The molecule has 16 nitrogen and oxygen atoms in total. The highest BCUT2D eigenvalue weighted by atomic mass is 16.5. The number of aromatic hydroxyl groups is 1. The number of methoxy groups -OCH3 is 4. The molecule has 1 aromatic rings. The third-order valence-corrected chi connectivity index (χ3v) is 9.10. The lowest BCUT2D eigenvalue weighted by molar-refractivity contribution is -0.148. The zero-order valence-electron chi connectivity index (χ0n) is 33.7. The number of nitrogens with one attached hydrogen (secondary N) is 2. The molecule has 3 N–H and O–H groups in total. The van der Waals surface area contributed by atoms with Gasteiger partial charge in [-0.3, -0.25) is 38.6 Å². The third kappa shape index (κ3) is 17.1. The molecule has 0 radical (unpaired) electrons. The van der Waals surface area contributed by atoms with Gasteiger partial charge in [-0.25, -0.2) is 0 Å². The topological polar surface area (TPSA) is 193 Å². The Morgan fingerprint density at radius 2 is 0.815 bits per heavy atom. The van der Waals surface area contributed by atoms with E-state index < -0.39 is 35.5 Å². The van der Waals surface area contributed by atoms with Crippen molar-refractivity contribution in [3.63, 3.8) is 0 Å². The van der Waals surface area contributed by atoms with Crippen LogP contribution >= 0.6 is 0 Å². The minimum absolute atomic E-state index is 0.0791. The second-order valence-corrected chi connectivity index (χ2v) is 14.0. The van der Waals surface area contributed by atoms with Gasteiger partial charge in [-0.1, -0.05) is 41.5 Å². The van der Waals surface area contributed by atoms with Crippen LogP contribution in [0, 0.1) is 35.5 Å². The first kappa shape index (κ1) is 47.6. The van der Waals surface area contributed by atoms with Gasteiger partial charge in [0.05, 0.1) is 63.9 Å². The van der Waals surface area contributed by atoms with Crippen LogP contribution in [0.1, 0.15) is 41.5 Å². The van der Waals surface area contributed by atoms with E-state index in [0.717, 1.165) is 0 Å². The molecule has 2 amide bonds. The molecule has 0 aliphatic carbocycles. The Morgan fingerprint density at radius 3 is 1.09 bits per heavy atom. The molecule has 0 aromatic heterocycles. The van der Waals surface area contributed by atoms with Crippen molar-refractivity contribution in [3.8, 4) is 5.75 Å². The molecule has 54 heavy (non-hydrogen) atoms. The molecule has 1 rings (SSSR count). The van der Waals surface area contributed by atoms with Gasteiger partial charge < -0.3 is 39.6 Å². The van der Waals surface area contributed by atoms with Gasteiger partial charge in [-0.15, -0.1) is 0 Å². The summed E-state index contributed by atoms with van der Waals surface area (Å²) in [6.07, 6.45) is 0. The monoisotopic (exact) mass is 765 g/mol. The minimum Gasteiger partial charge on any atom is -0.508 e. The van der Waals surface area contributed by atoms with Crippen LogP contribution in [-0.2, 0) is 47.7 Å². The predicted octanol–water partition coefficient (Wildman–Crippen LogP) is 1.54. The van der Waals surface area contributed by atoms with Crippen LogP contribution in [0.3, 0.4) is 0 Å². The molecule has 16 heteroatoms. The second kappa shape index (κ2) is 24.8. The lowest BCUT2D eigenvalue weighted by atomic mass is 10.1. The summed E-state index contributed by atoms with van der Waals surface area (Å²) in [5, 5.41) is 15.8. The highest BCUT2D eigenvalue weighted by Gasteiger charge is 2.26. The first-order valence-electron chi connectivity index (χ1n) is 18.3. The number of rotatable bonds is 25. The summed E-state index contributed by atoms with van der Waals surface area (Å²) in [5.74, 6) is -4.67. The number of phenols is 1. The van der Waals surface area contributed by atoms with Gasteiger partial charge in [0, 0.05) is 71.1 Å².